The summed E-state index contributed by atoms with van der Waals surface area (Å²) in [5.74, 6) is 6.43. The van der Waals surface area contributed by atoms with Crippen LogP contribution in [-0.2, 0) is 7.05 Å². The Kier molecular flexibility index (Phi) is 5.61. The van der Waals surface area contributed by atoms with Gasteiger partial charge in [-0.2, -0.15) is 5.10 Å². The van der Waals surface area contributed by atoms with Gasteiger partial charge in [-0.05, 0) is 42.7 Å². The van der Waals surface area contributed by atoms with Crippen LogP contribution in [0, 0.1) is 0 Å². The van der Waals surface area contributed by atoms with Crippen LogP contribution < -0.4 is 21.8 Å². The van der Waals surface area contributed by atoms with Crippen LogP contribution >= 0.6 is 0 Å². The molecule has 4 rings (SSSR count). The fraction of sp³-hybridized carbons (Fsp3) is 0.292. The molecule has 0 bridgehead atoms. The first-order chi connectivity index (χ1) is 14.8. The molecule has 1 unspecified atom stereocenters. The zero-order chi connectivity index (χ0) is 22.1. The van der Waals surface area contributed by atoms with Gasteiger partial charge in [0.2, 0.25) is 0 Å². The monoisotopic (exact) mass is 417 g/mol. The fourth-order valence-corrected chi connectivity index (χ4v) is 4.27. The topological polar surface area (TPSA) is 88.4 Å². The molecular weight excluding hydrogens is 386 g/mol. The van der Waals surface area contributed by atoms with Crippen molar-refractivity contribution < 1.29 is 0 Å². The van der Waals surface area contributed by atoms with Gasteiger partial charge in [-0.15, -0.1) is 0 Å². The lowest BCUT2D eigenvalue weighted by atomic mass is 9.93. The zero-order valence-corrected chi connectivity index (χ0v) is 18.6. The molecule has 7 heteroatoms. The van der Waals surface area contributed by atoms with Gasteiger partial charge in [0.05, 0.1) is 29.3 Å². The normalized spacial score (nSPS) is 17.7. The van der Waals surface area contributed by atoms with Gasteiger partial charge in [-0.1, -0.05) is 24.3 Å². The quantitative estimate of drug-likeness (QED) is 0.563. The second-order valence-corrected chi connectivity index (χ2v) is 8.33. The molecule has 1 aliphatic rings. The van der Waals surface area contributed by atoms with Crippen molar-refractivity contribution in [3.63, 3.8) is 0 Å². The lowest BCUT2D eigenvalue weighted by Crippen LogP contribution is -2.31. The molecule has 0 fully saturated rings. The Bertz CT molecular complexity index is 1110. The number of aromatic nitrogens is 2. The van der Waals surface area contributed by atoms with E-state index in [1.54, 1.807) is 5.01 Å². The number of para-hydroxylation sites is 2. The summed E-state index contributed by atoms with van der Waals surface area (Å²) in [5.41, 5.74) is 14.6. The van der Waals surface area contributed by atoms with Crippen LogP contribution in [0.15, 0.2) is 60.6 Å². The average molecular weight is 418 g/mol. The van der Waals surface area contributed by atoms with E-state index in [4.69, 9.17) is 11.6 Å². The number of fused-ring (bicyclic) bond motifs is 1. The van der Waals surface area contributed by atoms with Gasteiger partial charge in [-0.25, -0.2) is 5.84 Å². The highest BCUT2D eigenvalue weighted by molar-refractivity contribution is 5.76. The predicted octanol–water partition coefficient (Wildman–Crippen LogP) is 3.53. The van der Waals surface area contributed by atoms with Crippen molar-refractivity contribution in [2.75, 3.05) is 30.9 Å². The van der Waals surface area contributed by atoms with Crippen LogP contribution in [0.2, 0.25) is 0 Å². The molecule has 1 aromatic heterocycles. The summed E-state index contributed by atoms with van der Waals surface area (Å²) in [6, 6.07) is 14.9. The molecule has 31 heavy (non-hydrogen) atoms. The first-order valence-electron chi connectivity index (χ1n) is 10.5. The number of aryl methyl sites for hydroxylation is 1. The van der Waals surface area contributed by atoms with Crippen molar-refractivity contribution >= 4 is 17.1 Å². The third-order valence-electron chi connectivity index (χ3n) is 5.76. The number of nitrogens with one attached hydrogen (secondary N) is 1. The van der Waals surface area contributed by atoms with Gasteiger partial charge in [0, 0.05) is 50.7 Å². The van der Waals surface area contributed by atoms with E-state index in [0.29, 0.717) is 12.2 Å². The summed E-state index contributed by atoms with van der Waals surface area (Å²) in [6.45, 7) is 2.60. The number of nitrogens with two attached hydrogens (primary N) is 2. The minimum absolute atomic E-state index is 0.0793. The molecule has 1 aliphatic heterocycles. The van der Waals surface area contributed by atoms with Crippen LogP contribution in [0.25, 0.3) is 16.8 Å². The number of hydrazine groups is 1. The van der Waals surface area contributed by atoms with Gasteiger partial charge in [-0.3, -0.25) is 4.68 Å². The van der Waals surface area contributed by atoms with E-state index in [0.717, 1.165) is 40.2 Å². The van der Waals surface area contributed by atoms with E-state index >= 15 is 0 Å². The van der Waals surface area contributed by atoms with E-state index in [9.17, 15) is 0 Å². The molecule has 0 saturated heterocycles. The van der Waals surface area contributed by atoms with E-state index in [-0.39, 0.29) is 6.04 Å². The Hall–Kier alpha value is -3.45. The molecule has 2 aromatic carbocycles. The minimum atomic E-state index is 0.0793. The zero-order valence-electron chi connectivity index (χ0n) is 18.6. The number of benzene rings is 2. The molecule has 2 heterocycles. The molecule has 162 valence electrons. The van der Waals surface area contributed by atoms with E-state index in [1.165, 1.54) is 5.56 Å². The molecule has 3 aromatic rings. The van der Waals surface area contributed by atoms with Gasteiger partial charge >= 0.3 is 0 Å². The maximum absolute atomic E-state index is 6.43. The average Bonchev–Trinajstić information content (AvgIpc) is 3.12. The molecule has 0 radical (unpaired) electrons. The van der Waals surface area contributed by atoms with Gasteiger partial charge in [0.25, 0.3) is 0 Å². The molecular formula is C24H31N7. The number of allylic oxidation sites excluding steroid dienone is 1. The Morgan fingerprint density at radius 3 is 2.61 bits per heavy atom. The van der Waals surface area contributed by atoms with Crippen LogP contribution in [0.4, 0.5) is 11.4 Å². The van der Waals surface area contributed by atoms with Crippen molar-refractivity contribution in [2.45, 2.75) is 19.4 Å². The van der Waals surface area contributed by atoms with Gasteiger partial charge < -0.3 is 21.0 Å². The lowest BCUT2D eigenvalue weighted by Gasteiger charge is -2.25. The summed E-state index contributed by atoms with van der Waals surface area (Å²) in [5, 5.41) is 9.89. The van der Waals surface area contributed by atoms with Crippen LogP contribution in [-0.4, -0.2) is 35.4 Å². The number of hydrogen-bond donors (Lipinski definition) is 3. The lowest BCUT2D eigenvalue weighted by molar-refractivity contribution is 0.402. The van der Waals surface area contributed by atoms with Crippen LogP contribution in [0.3, 0.4) is 0 Å². The number of nitrogens with zero attached hydrogens (tertiary/aromatic N) is 4. The molecule has 0 spiro atoms. The summed E-state index contributed by atoms with van der Waals surface area (Å²) in [4.78, 5) is 2.12. The highest BCUT2D eigenvalue weighted by Crippen LogP contribution is 2.38. The van der Waals surface area contributed by atoms with Crippen molar-refractivity contribution in [3.8, 4) is 11.1 Å². The second-order valence-electron chi connectivity index (χ2n) is 8.33. The van der Waals surface area contributed by atoms with Crippen molar-refractivity contribution in [1.82, 2.24) is 14.8 Å². The molecule has 5 N–H and O–H groups in total. The maximum atomic E-state index is 6.43. The number of rotatable bonds is 4. The Morgan fingerprint density at radius 1 is 1.16 bits per heavy atom. The molecule has 7 nitrogen and oxygen atoms in total. The van der Waals surface area contributed by atoms with Crippen LogP contribution in [0.1, 0.15) is 30.5 Å². The Labute approximate surface area is 183 Å². The first kappa shape index (κ1) is 20.8. The molecule has 0 amide bonds. The maximum Gasteiger partial charge on any atom is 0.0777 e. The summed E-state index contributed by atoms with van der Waals surface area (Å²) >= 11 is 0. The summed E-state index contributed by atoms with van der Waals surface area (Å²) < 4.78 is 1.82. The molecule has 0 saturated carbocycles. The minimum Gasteiger partial charge on any atom is -0.401 e. The van der Waals surface area contributed by atoms with Crippen molar-refractivity contribution in [1.29, 1.82) is 0 Å². The van der Waals surface area contributed by atoms with Gasteiger partial charge in [0.1, 0.15) is 0 Å². The first-order valence-corrected chi connectivity index (χ1v) is 10.5. The third-order valence-corrected chi connectivity index (χ3v) is 5.76. The molecule has 0 aliphatic carbocycles. The summed E-state index contributed by atoms with van der Waals surface area (Å²) in [6.07, 6.45) is 4.77. The van der Waals surface area contributed by atoms with Gasteiger partial charge in [0.15, 0.2) is 0 Å². The highest BCUT2D eigenvalue weighted by Gasteiger charge is 2.26. The highest BCUT2D eigenvalue weighted by atomic mass is 15.4. The second kappa shape index (κ2) is 8.35. The summed E-state index contributed by atoms with van der Waals surface area (Å²) in [7, 11) is 6.05. The number of hydrogen-bond acceptors (Lipinski definition) is 6. The smallest absolute Gasteiger partial charge is 0.0777 e. The van der Waals surface area contributed by atoms with Crippen molar-refractivity contribution in [2.24, 2.45) is 18.6 Å². The standard InChI is InChI=1S/C24H31N7/c1-16(25)24-19-10-9-17(18-14-27-30(4)15-18)13-20(19)21(11-12-31(24)26)28-22-7-5-6-8-23(22)29(2)3/h5-10,13-15,21,28H,11-12,25-26H2,1-4H3/b24-16-. The van der Waals surface area contributed by atoms with E-state index in [2.05, 4.69) is 71.9 Å². The van der Waals surface area contributed by atoms with E-state index in [1.807, 2.05) is 31.0 Å². The Morgan fingerprint density at radius 2 is 1.94 bits per heavy atom. The third kappa shape index (κ3) is 4.09. The predicted molar refractivity (Wildman–Crippen MR) is 128 cm³/mol. The van der Waals surface area contributed by atoms with E-state index < -0.39 is 0 Å². The Balaban J connectivity index is 1.84. The number of anilines is 2. The largest absolute Gasteiger partial charge is 0.401 e. The van der Waals surface area contributed by atoms with Crippen molar-refractivity contribution in [3.05, 3.63) is 71.7 Å². The van der Waals surface area contributed by atoms with Crippen LogP contribution in [0.5, 0.6) is 0 Å². The SMILES string of the molecule is C/C(N)=C1\c2ccc(-c3cnn(C)c3)cc2C(Nc2ccccc2N(C)C)CCN1N. The molecule has 1 atom stereocenters. The fourth-order valence-electron chi connectivity index (χ4n) is 4.27.